The van der Waals surface area contributed by atoms with Crippen LogP contribution in [0.1, 0.15) is 10.6 Å². The minimum atomic E-state index is 0.602. The maximum absolute atomic E-state index is 5.17. The molecule has 0 amide bonds. The maximum Gasteiger partial charge on any atom is 0.235 e. The van der Waals surface area contributed by atoms with Gasteiger partial charge in [-0.3, -0.25) is 4.98 Å². The average Bonchev–Trinajstić information content (AvgIpc) is 3.16. The molecule has 8 heteroatoms. The van der Waals surface area contributed by atoms with Gasteiger partial charge < -0.3 is 4.74 Å². The van der Waals surface area contributed by atoms with E-state index in [2.05, 4.69) is 25.3 Å². The number of rotatable bonds is 4. The molecule has 0 bridgehead atoms. The molecule has 0 N–H and O–H groups in total. The van der Waals surface area contributed by atoms with Crippen molar-refractivity contribution in [1.29, 1.82) is 0 Å². The molecule has 0 saturated carbocycles. The van der Waals surface area contributed by atoms with E-state index in [4.69, 9.17) is 4.74 Å². The van der Waals surface area contributed by atoms with Crippen molar-refractivity contribution in [2.45, 2.75) is 6.42 Å². The summed E-state index contributed by atoms with van der Waals surface area (Å²) in [5, 5.41) is 13.9. The first-order valence-electron chi connectivity index (χ1n) is 6.94. The highest BCUT2D eigenvalue weighted by molar-refractivity contribution is 7.16. The Kier molecular flexibility index (Phi) is 3.43. The highest BCUT2D eigenvalue weighted by Gasteiger charge is 2.14. The summed E-state index contributed by atoms with van der Waals surface area (Å²) in [5.41, 5.74) is 1.82. The van der Waals surface area contributed by atoms with Gasteiger partial charge in [0, 0.05) is 18.8 Å². The van der Waals surface area contributed by atoms with Gasteiger partial charge in [0.2, 0.25) is 10.8 Å². The zero-order chi connectivity index (χ0) is 15.6. The van der Waals surface area contributed by atoms with E-state index < -0.39 is 0 Å². The largest absolute Gasteiger partial charge is 0.497 e. The first kappa shape index (κ1) is 13.8. The van der Waals surface area contributed by atoms with E-state index in [0.29, 0.717) is 11.5 Å². The highest BCUT2D eigenvalue weighted by atomic mass is 32.1. The molecule has 3 heterocycles. The fourth-order valence-electron chi connectivity index (χ4n) is 2.22. The van der Waals surface area contributed by atoms with Crippen LogP contribution < -0.4 is 4.74 Å². The van der Waals surface area contributed by atoms with Crippen LogP contribution in [0.25, 0.3) is 16.5 Å². The van der Waals surface area contributed by atoms with Crippen LogP contribution in [0.2, 0.25) is 0 Å². The number of benzene rings is 1. The molecule has 0 spiro atoms. The predicted octanol–water partition coefficient (Wildman–Crippen LogP) is 2.24. The molecule has 0 aliphatic carbocycles. The first-order chi connectivity index (χ1) is 11.3. The number of ether oxygens (including phenoxy) is 1. The number of methoxy groups -OCH3 is 1. The van der Waals surface area contributed by atoms with Gasteiger partial charge in [0.15, 0.2) is 0 Å². The third kappa shape index (κ3) is 2.64. The Bertz CT molecular complexity index is 932. The van der Waals surface area contributed by atoms with Gasteiger partial charge in [0.25, 0.3) is 0 Å². The third-order valence-corrected chi connectivity index (χ3v) is 4.24. The molecule has 4 rings (SSSR count). The van der Waals surface area contributed by atoms with Crippen LogP contribution in [0.3, 0.4) is 0 Å². The molecule has 0 saturated heterocycles. The predicted molar refractivity (Wildman–Crippen MR) is 85.5 cm³/mol. The van der Waals surface area contributed by atoms with Gasteiger partial charge in [0.1, 0.15) is 16.5 Å². The van der Waals surface area contributed by atoms with Crippen molar-refractivity contribution in [2.24, 2.45) is 0 Å². The van der Waals surface area contributed by atoms with Gasteiger partial charge in [-0.25, -0.2) is 4.98 Å². The minimum absolute atomic E-state index is 0.602. The summed E-state index contributed by atoms with van der Waals surface area (Å²) < 4.78 is 6.89. The van der Waals surface area contributed by atoms with E-state index in [1.54, 1.807) is 30.2 Å². The van der Waals surface area contributed by atoms with Crippen molar-refractivity contribution in [3.63, 3.8) is 0 Å². The lowest BCUT2D eigenvalue weighted by Gasteiger charge is -2.01. The molecule has 3 aromatic heterocycles. The summed E-state index contributed by atoms with van der Waals surface area (Å²) in [4.78, 5) is 9.05. The smallest absolute Gasteiger partial charge is 0.235 e. The fourth-order valence-corrected chi connectivity index (χ4v) is 3.09. The SMILES string of the molecule is COc1ccc(Cc2nn3c(-c4cnccn4)nnc3s2)cc1. The van der Waals surface area contributed by atoms with E-state index in [1.165, 1.54) is 11.3 Å². The molecule has 0 atom stereocenters. The normalized spacial score (nSPS) is 11.0. The molecule has 114 valence electrons. The molecule has 4 aromatic rings. The number of hydrogen-bond acceptors (Lipinski definition) is 7. The maximum atomic E-state index is 5.17. The Morgan fingerprint density at radius 3 is 2.74 bits per heavy atom. The standard InChI is InChI=1S/C15H12N6OS/c1-22-11-4-2-10(3-5-11)8-13-20-21-14(18-19-15(21)23-13)12-9-16-6-7-17-12/h2-7,9H,8H2,1H3. The topological polar surface area (TPSA) is 78.1 Å². The van der Waals surface area contributed by atoms with Gasteiger partial charge >= 0.3 is 0 Å². The highest BCUT2D eigenvalue weighted by Crippen LogP contribution is 2.22. The lowest BCUT2D eigenvalue weighted by atomic mass is 10.1. The zero-order valence-corrected chi connectivity index (χ0v) is 13.1. The molecule has 0 radical (unpaired) electrons. The van der Waals surface area contributed by atoms with Crippen LogP contribution in [-0.4, -0.2) is 36.9 Å². The van der Waals surface area contributed by atoms with Gasteiger partial charge in [-0.15, -0.1) is 10.2 Å². The van der Waals surface area contributed by atoms with Crippen LogP contribution >= 0.6 is 11.3 Å². The molecule has 23 heavy (non-hydrogen) atoms. The molecule has 0 unspecified atom stereocenters. The summed E-state index contributed by atoms with van der Waals surface area (Å²) in [6, 6.07) is 7.96. The molecule has 0 aliphatic rings. The number of nitrogens with zero attached hydrogens (tertiary/aromatic N) is 6. The Hall–Kier alpha value is -2.87. The van der Waals surface area contributed by atoms with Crippen molar-refractivity contribution < 1.29 is 4.74 Å². The first-order valence-corrected chi connectivity index (χ1v) is 7.75. The van der Waals surface area contributed by atoms with Crippen molar-refractivity contribution in [3.05, 3.63) is 53.4 Å². The number of aromatic nitrogens is 6. The summed E-state index contributed by atoms with van der Waals surface area (Å²) in [5.74, 6) is 1.45. The van der Waals surface area contributed by atoms with E-state index in [9.17, 15) is 0 Å². The summed E-state index contributed by atoms with van der Waals surface area (Å²) in [7, 11) is 1.66. The van der Waals surface area contributed by atoms with Crippen molar-refractivity contribution >= 4 is 16.3 Å². The van der Waals surface area contributed by atoms with Gasteiger partial charge in [-0.05, 0) is 17.7 Å². The summed E-state index contributed by atoms with van der Waals surface area (Å²) >= 11 is 1.52. The second kappa shape index (κ2) is 5.73. The zero-order valence-electron chi connectivity index (χ0n) is 12.2. The van der Waals surface area contributed by atoms with Gasteiger partial charge in [0.05, 0.1) is 13.3 Å². The second-order valence-corrected chi connectivity index (χ2v) is 5.87. The molecular weight excluding hydrogens is 312 g/mol. The van der Waals surface area contributed by atoms with Crippen molar-refractivity contribution in [2.75, 3.05) is 7.11 Å². The average molecular weight is 324 g/mol. The number of fused-ring (bicyclic) bond motifs is 1. The van der Waals surface area contributed by atoms with Crippen LogP contribution in [0.4, 0.5) is 0 Å². The monoisotopic (exact) mass is 324 g/mol. The van der Waals surface area contributed by atoms with Crippen LogP contribution in [0.5, 0.6) is 5.75 Å². The Balaban J connectivity index is 1.65. The molecule has 0 aliphatic heterocycles. The molecule has 7 nitrogen and oxygen atoms in total. The molecule has 1 aromatic carbocycles. The Labute approximate surface area is 135 Å². The van der Waals surface area contributed by atoms with Crippen molar-refractivity contribution in [1.82, 2.24) is 29.8 Å². The van der Waals surface area contributed by atoms with E-state index in [-0.39, 0.29) is 0 Å². The number of hydrogen-bond donors (Lipinski definition) is 0. The van der Waals surface area contributed by atoms with Crippen molar-refractivity contribution in [3.8, 4) is 17.3 Å². The van der Waals surface area contributed by atoms with E-state index in [0.717, 1.165) is 27.7 Å². The quantitative estimate of drug-likeness (QED) is 0.573. The lowest BCUT2D eigenvalue weighted by Crippen LogP contribution is -1.95. The van der Waals surface area contributed by atoms with E-state index >= 15 is 0 Å². The van der Waals surface area contributed by atoms with Crippen LogP contribution in [-0.2, 0) is 6.42 Å². The molecular formula is C15H12N6OS. The van der Waals surface area contributed by atoms with Gasteiger partial charge in [-0.2, -0.15) is 9.61 Å². The van der Waals surface area contributed by atoms with E-state index in [1.807, 2.05) is 24.3 Å². The van der Waals surface area contributed by atoms with Gasteiger partial charge in [-0.1, -0.05) is 23.5 Å². The lowest BCUT2D eigenvalue weighted by molar-refractivity contribution is 0.414. The Morgan fingerprint density at radius 2 is 2.00 bits per heavy atom. The molecule has 0 fully saturated rings. The second-order valence-electron chi connectivity index (χ2n) is 4.83. The fraction of sp³-hybridized carbons (Fsp3) is 0.133. The van der Waals surface area contributed by atoms with Crippen LogP contribution in [0.15, 0.2) is 42.9 Å². The van der Waals surface area contributed by atoms with Crippen LogP contribution in [0, 0.1) is 0 Å². The minimum Gasteiger partial charge on any atom is -0.497 e. The third-order valence-electron chi connectivity index (χ3n) is 3.34. The summed E-state index contributed by atoms with van der Waals surface area (Å²) in [6.07, 6.45) is 5.63. The summed E-state index contributed by atoms with van der Waals surface area (Å²) in [6.45, 7) is 0. The Morgan fingerprint density at radius 1 is 1.13 bits per heavy atom.